The molecular formula is C16H18ClN3. The number of nitrogens with one attached hydrogen (secondary N) is 1. The molecule has 1 heterocycles. The van der Waals surface area contributed by atoms with Crippen LogP contribution in [-0.2, 0) is 12.8 Å². The van der Waals surface area contributed by atoms with E-state index < -0.39 is 0 Å². The van der Waals surface area contributed by atoms with Crippen LogP contribution >= 0.6 is 11.6 Å². The van der Waals surface area contributed by atoms with Crippen molar-refractivity contribution in [1.82, 2.24) is 15.3 Å². The van der Waals surface area contributed by atoms with Crippen LogP contribution in [0, 0.1) is 0 Å². The number of aromatic nitrogens is 2. The van der Waals surface area contributed by atoms with Crippen molar-refractivity contribution in [3.8, 4) is 0 Å². The van der Waals surface area contributed by atoms with E-state index in [4.69, 9.17) is 16.6 Å². The maximum Gasteiger partial charge on any atom is 0.132 e. The molecular weight excluding hydrogens is 270 g/mol. The first-order valence-corrected chi connectivity index (χ1v) is 7.40. The molecule has 1 unspecified atom stereocenters. The summed E-state index contributed by atoms with van der Waals surface area (Å²) in [5.41, 5.74) is 3.61. The Hall–Kier alpha value is -1.45. The largest absolute Gasteiger partial charge is 0.313 e. The number of rotatable bonds is 3. The fourth-order valence-corrected chi connectivity index (χ4v) is 3.02. The molecule has 1 aliphatic rings. The van der Waals surface area contributed by atoms with Gasteiger partial charge in [0.2, 0.25) is 0 Å². The maximum atomic E-state index is 6.02. The van der Waals surface area contributed by atoms with E-state index in [1.54, 1.807) is 0 Å². The van der Waals surface area contributed by atoms with Crippen LogP contribution in [0.1, 0.15) is 41.5 Å². The SMILES string of the molecule is CNC1CCCc2nc(Cc3cccc(Cl)c3)ncc21. The average molecular weight is 288 g/mol. The summed E-state index contributed by atoms with van der Waals surface area (Å²) in [6, 6.07) is 8.29. The zero-order valence-electron chi connectivity index (χ0n) is 11.6. The molecule has 4 heteroatoms. The van der Waals surface area contributed by atoms with Gasteiger partial charge < -0.3 is 5.32 Å². The number of nitrogens with zero attached hydrogens (tertiary/aromatic N) is 2. The molecule has 0 saturated carbocycles. The molecule has 20 heavy (non-hydrogen) atoms. The molecule has 0 saturated heterocycles. The minimum Gasteiger partial charge on any atom is -0.313 e. The third kappa shape index (κ3) is 2.84. The van der Waals surface area contributed by atoms with E-state index in [9.17, 15) is 0 Å². The molecule has 1 aliphatic carbocycles. The van der Waals surface area contributed by atoms with Gasteiger partial charge in [-0.2, -0.15) is 0 Å². The fraction of sp³-hybridized carbons (Fsp3) is 0.375. The molecule has 0 bridgehead atoms. The highest BCUT2D eigenvalue weighted by atomic mass is 35.5. The van der Waals surface area contributed by atoms with Crippen LogP contribution < -0.4 is 5.32 Å². The number of halogens is 1. The lowest BCUT2D eigenvalue weighted by Crippen LogP contribution is -2.23. The summed E-state index contributed by atoms with van der Waals surface area (Å²) in [5, 5.41) is 4.10. The maximum absolute atomic E-state index is 6.02. The van der Waals surface area contributed by atoms with E-state index in [2.05, 4.69) is 16.4 Å². The second-order valence-electron chi connectivity index (χ2n) is 5.23. The summed E-state index contributed by atoms with van der Waals surface area (Å²) in [7, 11) is 2.00. The first-order chi connectivity index (χ1) is 9.76. The third-order valence-electron chi connectivity index (χ3n) is 3.83. The number of fused-ring (bicyclic) bond motifs is 1. The van der Waals surface area contributed by atoms with Crippen molar-refractivity contribution in [2.45, 2.75) is 31.7 Å². The van der Waals surface area contributed by atoms with Crippen LogP contribution in [0.15, 0.2) is 30.5 Å². The Bertz CT molecular complexity index is 612. The van der Waals surface area contributed by atoms with Gasteiger partial charge in [0.1, 0.15) is 5.82 Å². The molecule has 3 rings (SSSR count). The molecule has 1 N–H and O–H groups in total. The number of hydrogen-bond acceptors (Lipinski definition) is 3. The van der Waals surface area contributed by atoms with E-state index >= 15 is 0 Å². The topological polar surface area (TPSA) is 37.8 Å². The molecule has 0 spiro atoms. The van der Waals surface area contributed by atoms with Gasteiger partial charge in [-0.05, 0) is 44.0 Å². The second kappa shape index (κ2) is 5.90. The van der Waals surface area contributed by atoms with Crippen LogP contribution in [0.3, 0.4) is 0 Å². The Morgan fingerprint density at radius 1 is 1.40 bits per heavy atom. The number of benzene rings is 1. The molecule has 2 aromatic rings. The fourth-order valence-electron chi connectivity index (χ4n) is 2.80. The van der Waals surface area contributed by atoms with Gasteiger partial charge in [-0.3, -0.25) is 0 Å². The number of aryl methyl sites for hydroxylation is 1. The van der Waals surface area contributed by atoms with Crippen molar-refractivity contribution in [3.63, 3.8) is 0 Å². The summed E-state index contributed by atoms with van der Waals surface area (Å²) in [4.78, 5) is 9.26. The van der Waals surface area contributed by atoms with Crippen molar-refractivity contribution >= 4 is 11.6 Å². The van der Waals surface area contributed by atoms with Gasteiger partial charge in [0.05, 0.1) is 0 Å². The quantitative estimate of drug-likeness (QED) is 0.941. The highest BCUT2D eigenvalue weighted by Gasteiger charge is 2.20. The minimum atomic E-state index is 0.402. The summed E-state index contributed by atoms with van der Waals surface area (Å²) in [6.07, 6.45) is 6.13. The van der Waals surface area contributed by atoms with Gasteiger partial charge in [-0.15, -0.1) is 0 Å². The molecule has 1 aromatic carbocycles. The van der Waals surface area contributed by atoms with Crippen molar-refractivity contribution in [1.29, 1.82) is 0 Å². The molecule has 1 atom stereocenters. The number of hydrogen-bond donors (Lipinski definition) is 1. The first kappa shape index (κ1) is 13.5. The van der Waals surface area contributed by atoms with Gasteiger partial charge in [0, 0.05) is 34.9 Å². The van der Waals surface area contributed by atoms with Crippen LogP contribution in [0.2, 0.25) is 5.02 Å². The molecule has 104 valence electrons. The monoisotopic (exact) mass is 287 g/mol. The predicted octanol–water partition coefficient (Wildman–Crippen LogP) is 3.32. The Morgan fingerprint density at radius 3 is 3.10 bits per heavy atom. The lowest BCUT2D eigenvalue weighted by molar-refractivity contribution is 0.485. The zero-order valence-corrected chi connectivity index (χ0v) is 12.3. The van der Waals surface area contributed by atoms with E-state index in [0.717, 1.165) is 29.3 Å². The minimum absolute atomic E-state index is 0.402. The summed E-state index contributed by atoms with van der Waals surface area (Å²) >= 11 is 6.02. The summed E-state index contributed by atoms with van der Waals surface area (Å²) < 4.78 is 0. The normalized spacial score (nSPS) is 17.8. The van der Waals surface area contributed by atoms with E-state index in [0.29, 0.717) is 6.04 Å². The van der Waals surface area contributed by atoms with Crippen LogP contribution in [0.5, 0.6) is 0 Å². The van der Waals surface area contributed by atoms with Crippen molar-refractivity contribution in [2.75, 3.05) is 7.05 Å². The van der Waals surface area contributed by atoms with Crippen molar-refractivity contribution in [2.24, 2.45) is 0 Å². The smallest absolute Gasteiger partial charge is 0.132 e. The van der Waals surface area contributed by atoms with Crippen LogP contribution in [-0.4, -0.2) is 17.0 Å². The van der Waals surface area contributed by atoms with Gasteiger partial charge in [-0.1, -0.05) is 23.7 Å². The third-order valence-corrected chi connectivity index (χ3v) is 4.07. The van der Waals surface area contributed by atoms with E-state index in [1.165, 1.54) is 24.1 Å². The van der Waals surface area contributed by atoms with Crippen LogP contribution in [0.4, 0.5) is 0 Å². The lowest BCUT2D eigenvalue weighted by atomic mass is 9.92. The van der Waals surface area contributed by atoms with Crippen molar-refractivity contribution < 1.29 is 0 Å². The molecule has 0 fully saturated rings. The molecule has 1 aromatic heterocycles. The van der Waals surface area contributed by atoms with Gasteiger partial charge in [-0.25, -0.2) is 9.97 Å². The van der Waals surface area contributed by atoms with Gasteiger partial charge in [0.15, 0.2) is 0 Å². The van der Waals surface area contributed by atoms with Gasteiger partial charge in [0.25, 0.3) is 0 Å². The molecule has 0 aliphatic heterocycles. The Balaban J connectivity index is 1.85. The second-order valence-corrected chi connectivity index (χ2v) is 5.66. The molecule has 0 amide bonds. The molecule has 3 nitrogen and oxygen atoms in total. The summed E-state index contributed by atoms with van der Waals surface area (Å²) in [5.74, 6) is 0.878. The Morgan fingerprint density at radius 2 is 2.30 bits per heavy atom. The summed E-state index contributed by atoms with van der Waals surface area (Å²) in [6.45, 7) is 0. The first-order valence-electron chi connectivity index (χ1n) is 7.02. The van der Waals surface area contributed by atoms with E-state index in [1.807, 2.05) is 31.4 Å². The molecule has 0 radical (unpaired) electrons. The van der Waals surface area contributed by atoms with E-state index in [-0.39, 0.29) is 0 Å². The highest BCUT2D eigenvalue weighted by Crippen LogP contribution is 2.27. The standard InChI is InChI=1S/C16H18ClN3/c1-18-14-6-3-7-15-13(14)10-19-16(20-15)9-11-4-2-5-12(17)8-11/h2,4-5,8,10,14,18H,3,6-7,9H2,1H3. The average Bonchev–Trinajstić information content (AvgIpc) is 2.46. The van der Waals surface area contributed by atoms with Gasteiger partial charge >= 0.3 is 0 Å². The Kier molecular flexibility index (Phi) is 3.99. The van der Waals surface area contributed by atoms with Crippen molar-refractivity contribution in [3.05, 3.63) is 58.1 Å². The lowest BCUT2D eigenvalue weighted by Gasteiger charge is -2.24. The predicted molar refractivity (Wildman–Crippen MR) is 81.0 cm³/mol. The zero-order chi connectivity index (χ0) is 13.9. The van der Waals surface area contributed by atoms with Crippen LogP contribution in [0.25, 0.3) is 0 Å². The Labute approximate surface area is 124 Å². The highest BCUT2D eigenvalue weighted by molar-refractivity contribution is 6.30.